The summed E-state index contributed by atoms with van der Waals surface area (Å²) in [5.41, 5.74) is 0.182. The lowest BCUT2D eigenvalue weighted by Gasteiger charge is -2.31. The second kappa shape index (κ2) is 3.40. The summed E-state index contributed by atoms with van der Waals surface area (Å²) in [5, 5.41) is 9.69. The molecule has 1 heteroatoms. The van der Waals surface area contributed by atoms with Crippen molar-refractivity contribution >= 4 is 0 Å². The maximum absolute atomic E-state index is 9.69. The molecule has 1 fully saturated rings. The number of aliphatic hydroxyl groups excluding tert-OH is 1. The molecule has 1 aliphatic rings. The van der Waals surface area contributed by atoms with E-state index in [1.54, 1.807) is 6.08 Å². The van der Waals surface area contributed by atoms with Crippen LogP contribution in [0.4, 0.5) is 0 Å². The number of hydrogen-bond donors (Lipinski definition) is 1. The van der Waals surface area contributed by atoms with Crippen molar-refractivity contribution in [2.24, 2.45) is 5.41 Å². The molecule has 1 N–H and O–H groups in total. The molecule has 0 heterocycles. The molecule has 1 rings (SSSR count). The Bertz CT molecular complexity index is 134. The topological polar surface area (TPSA) is 20.2 Å². The lowest BCUT2D eigenvalue weighted by molar-refractivity contribution is 0.0629. The van der Waals surface area contributed by atoms with Crippen molar-refractivity contribution in [2.75, 3.05) is 0 Å². The van der Waals surface area contributed by atoms with Crippen LogP contribution in [-0.4, -0.2) is 11.2 Å². The summed E-state index contributed by atoms with van der Waals surface area (Å²) in [5.74, 6) is 0. The van der Waals surface area contributed by atoms with Gasteiger partial charge in [-0.3, -0.25) is 0 Å². The zero-order valence-electron chi connectivity index (χ0n) is 7.34. The van der Waals surface area contributed by atoms with E-state index in [0.717, 1.165) is 6.42 Å². The maximum atomic E-state index is 9.69. The van der Waals surface area contributed by atoms with Crippen molar-refractivity contribution in [3.8, 4) is 0 Å². The molecule has 0 aliphatic heterocycles. The Morgan fingerprint density at radius 1 is 1.55 bits per heavy atom. The Morgan fingerprint density at radius 2 is 2.09 bits per heavy atom. The first-order valence-electron chi connectivity index (χ1n) is 4.56. The van der Waals surface area contributed by atoms with Crippen molar-refractivity contribution < 1.29 is 5.11 Å². The van der Waals surface area contributed by atoms with Gasteiger partial charge in [0.05, 0.1) is 6.10 Å². The molecular weight excluding hydrogens is 136 g/mol. The Labute approximate surface area is 69.1 Å². The molecule has 0 saturated heterocycles. The van der Waals surface area contributed by atoms with Crippen molar-refractivity contribution in [3.05, 3.63) is 12.7 Å². The number of hydrogen-bond acceptors (Lipinski definition) is 1. The molecule has 1 atom stereocenters. The van der Waals surface area contributed by atoms with E-state index in [1.165, 1.54) is 25.7 Å². The smallest absolute Gasteiger partial charge is 0.0774 e. The Morgan fingerprint density at radius 3 is 2.45 bits per heavy atom. The van der Waals surface area contributed by atoms with Crippen LogP contribution in [0.5, 0.6) is 0 Å². The first kappa shape index (κ1) is 8.79. The van der Waals surface area contributed by atoms with Crippen LogP contribution in [0.25, 0.3) is 0 Å². The summed E-state index contributed by atoms with van der Waals surface area (Å²) in [6, 6.07) is 0. The molecule has 0 aromatic heterocycles. The first-order chi connectivity index (χ1) is 5.25. The van der Waals surface area contributed by atoms with E-state index in [4.69, 9.17) is 0 Å². The highest BCUT2D eigenvalue weighted by molar-refractivity contribution is 4.97. The molecule has 0 spiro atoms. The lowest BCUT2D eigenvalue weighted by Crippen LogP contribution is -2.29. The van der Waals surface area contributed by atoms with Crippen LogP contribution in [0.15, 0.2) is 12.7 Å². The summed E-state index contributed by atoms with van der Waals surface area (Å²) in [7, 11) is 0. The summed E-state index contributed by atoms with van der Waals surface area (Å²) < 4.78 is 0. The second-order valence-corrected chi connectivity index (χ2v) is 3.60. The Balaban J connectivity index is 2.65. The normalized spacial score (nSPS) is 24.9. The summed E-state index contributed by atoms with van der Waals surface area (Å²) >= 11 is 0. The molecule has 0 aromatic rings. The molecule has 1 aliphatic carbocycles. The maximum Gasteiger partial charge on any atom is 0.0774 e. The van der Waals surface area contributed by atoms with Gasteiger partial charge in [0.25, 0.3) is 0 Å². The zero-order chi connectivity index (χ0) is 8.32. The van der Waals surface area contributed by atoms with Crippen LogP contribution < -0.4 is 0 Å². The van der Waals surface area contributed by atoms with Gasteiger partial charge in [0, 0.05) is 0 Å². The number of aliphatic hydroxyl groups is 1. The third-order valence-corrected chi connectivity index (χ3v) is 3.15. The van der Waals surface area contributed by atoms with Crippen molar-refractivity contribution in [3.63, 3.8) is 0 Å². The van der Waals surface area contributed by atoms with Gasteiger partial charge in [-0.1, -0.05) is 25.8 Å². The van der Waals surface area contributed by atoms with Gasteiger partial charge < -0.3 is 5.11 Å². The molecule has 0 aromatic carbocycles. The van der Waals surface area contributed by atoms with Gasteiger partial charge in [-0.15, -0.1) is 6.58 Å². The van der Waals surface area contributed by atoms with E-state index < -0.39 is 0 Å². The average molecular weight is 154 g/mol. The molecule has 1 nitrogen and oxygen atoms in total. The van der Waals surface area contributed by atoms with E-state index in [2.05, 4.69) is 13.5 Å². The van der Waals surface area contributed by atoms with Crippen LogP contribution in [0, 0.1) is 5.41 Å². The highest BCUT2D eigenvalue weighted by Crippen LogP contribution is 2.43. The lowest BCUT2D eigenvalue weighted by atomic mass is 9.78. The van der Waals surface area contributed by atoms with Crippen molar-refractivity contribution in [1.82, 2.24) is 0 Å². The fourth-order valence-corrected chi connectivity index (χ4v) is 2.19. The second-order valence-electron chi connectivity index (χ2n) is 3.60. The molecule has 11 heavy (non-hydrogen) atoms. The summed E-state index contributed by atoms with van der Waals surface area (Å²) in [4.78, 5) is 0. The number of rotatable bonds is 3. The predicted octanol–water partition coefficient (Wildman–Crippen LogP) is 2.50. The highest BCUT2D eigenvalue weighted by atomic mass is 16.3. The van der Waals surface area contributed by atoms with E-state index in [-0.39, 0.29) is 11.5 Å². The van der Waals surface area contributed by atoms with Gasteiger partial charge in [-0.25, -0.2) is 0 Å². The largest absolute Gasteiger partial charge is 0.388 e. The van der Waals surface area contributed by atoms with E-state index in [1.807, 2.05) is 0 Å². The van der Waals surface area contributed by atoms with Crippen LogP contribution in [0.1, 0.15) is 39.0 Å². The SMILES string of the molecule is C=CC(O)C1(CC)CCCC1. The Kier molecular flexibility index (Phi) is 2.72. The monoisotopic (exact) mass is 154 g/mol. The minimum atomic E-state index is -0.282. The van der Waals surface area contributed by atoms with Crippen LogP contribution in [0.3, 0.4) is 0 Å². The van der Waals surface area contributed by atoms with E-state index in [9.17, 15) is 5.11 Å². The minimum Gasteiger partial charge on any atom is -0.388 e. The van der Waals surface area contributed by atoms with Crippen LogP contribution in [0.2, 0.25) is 0 Å². The molecule has 1 unspecified atom stereocenters. The third kappa shape index (κ3) is 1.48. The van der Waals surface area contributed by atoms with Gasteiger partial charge in [0.15, 0.2) is 0 Å². The van der Waals surface area contributed by atoms with Crippen molar-refractivity contribution in [1.29, 1.82) is 0 Å². The fourth-order valence-electron chi connectivity index (χ4n) is 2.19. The Hall–Kier alpha value is -0.300. The third-order valence-electron chi connectivity index (χ3n) is 3.15. The first-order valence-corrected chi connectivity index (χ1v) is 4.56. The van der Waals surface area contributed by atoms with Crippen LogP contribution >= 0.6 is 0 Å². The zero-order valence-corrected chi connectivity index (χ0v) is 7.34. The summed E-state index contributed by atoms with van der Waals surface area (Å²) in [6.45, 7) is 5.81. The van der Waals surface area contributed by atoms with E-state index in [0.29, 0.717) is 0 Å². The highest BCUT2D eigenvalue weighted by Gasteiger charge is 2.37. The molecule has 0 radical (unpaired) electrons. The standard InChI is InChI=1S/C10H18O/c1-3-9(11)10(4-2)7-5-6-8-10/h3,9,11H,1,4-8H2,2H3. The minimum absolute atomic E-state index is 0.182. The average Bonchev–Trinajstić information content (AvgIpc) is 2.52. The van der Waals surface area contributed by atoms with Gasteiger partial charge in [0.2, 0.25) is 0 Å². The summed E-state index contributed by atoms with van der Waals surface area (Å²) in [6.07, 6.45) is 7.40. The fraction of sp³-hybridized carbons (Fsp3) is 0.800. The quantitative estimate of drug-likeness (QED) is 0.619. The molecule has 0 bridgehead atoms. The molecular formula is C10H18O. The van der Waals surface area contributed by atoms with Gasteiger partial charge >= 0.3 is 0 Å². The molecule has 64 valence electrons. The van der Waals surface area contributed by atoms with Gasteiger partial charge in [-0.05, 0) is 24.7 Å². The molecule has 0 amide bonds. The molecule has 1 saturated carbocycles. The van der Waals surface area contributed by atoms with Crippen LogP contribution in [-0.2, 0) is 0 Å². The van der Waals surface area contributed by atoms with E-state index >= 15 is 0 Å². The van der Waals surface area contributed by atoms with Gasteiger partial charge in [0.1, 0.15) is 0 Å². The predicted molar refractivity (Wildman–Crippen MR) is 47.4 cm³/mol. The van der Waals surface area contributed by atoms with Crippen molar-refractivity contribution in [2.45, 2.75) is 45.1 Å². The van der Waals surface area contributed by atoms with Gasteiger partial charge in [-0.2, -0.15) is 0 Å².